The van der Waals surface area contributed by atoms with Gasteiger partial charge >= 0.3 is 0 Å². The number of halogens is 2. The Kier molecular flexibility index (Phi) is 4.11. The van der Waals surface area contributed by atoms with Crippen LogP contribution in [-0.2, 0) is 0 Å². The molecule has 0 saturated carbocycles. The molecule has 0 atom stereocenters. The van der Waals surface area contributed by atoms with Crippen molar-refractivity contribution in [1.29, 1.82) is 0 Å². The van der Waals surface area contributed by atoms with Gasteiger partial charge in [-0.2, -0.15) is 0 Å². The molecule has 0 saturated heterocycles. The van der Waals surface area contributed by atoms with Crippen LogP contribution < -0.4 is 0 Å². The molecule has 0 aliphatic heterocycles. The second kappa shape index (κ2) is 4.66. The first-order valence-corrected chi connectivity index (χ1v) is 6.46. The van der Waals surface area contributed by atoms with Gasteiger partial charge < -0.3 is 0 Å². The molecule has 0 amide bonds. The molecular formula is C8H8Cl2S2. The van der Waals surface area contributed by atoms with Gasteiger partial charge in [0.05, 0.1) is 10.0 Å². The third kappa shape index (κ3) is 2.25. The molecule has 0 unspecified atom stereocenters. The molecule has 12 heavy (non-hydrogen) atoms. The van der Waals surface area contributed by atoms with Gasteiger partial charge in [-0.25, -0.2) is 0 Å². The Morgan fingerprint density at radius 3 is 1.50 bits per heavy atom. The zero-order valence-electron chi connectivity index (χ0n) is 6.73. The van der Waals surface area contributed by atoms with Crippen molar-refractivity contribution < 1.29 is 0 Å². The van der Waals surface area contributed by atoms with Crippen LogP contribution in [0.3, 0.4) is 0 Å². The Balaban J connectivity index is 3.16. The molecule has 0 N–H and O–H groups in total. The highest BCUT2D eigenvalue weighted by atomic mass is 35.5. The average Bonchev–Trinajstić information content (AvgIpc) is 2.08. The van der Waals surface area contributed by atoms with Gasteiger partial charge in [0.15, 0.2) is 0 Å². The molecule has 1 rings (SSSR count). The van der Waals surface area contributed by atoms with E-state index in [0.29, 0.717) is 0 Å². The summed E-state index contributed by atoms with van der Waals surface area (Å²) < 4.78 is 0. The van der Waals surface area contributed by atoms with Gasteiger partial charge in [-0.15, -0.1) is 23.5 Å². The van der Waals surface area contributed by atoms with Gasteiger partial charge in [0, 0.05) is 9.79 Å². The lowest BCUT2D eigenvalue weighted by molar-refractivity contribution is 1.36. The van der Waals surface area contributed by atoms with Crippen LogP contribution in [0.4, 0.5) is 0 Å². The number of hydrogen-bond acceptors (Lipinski definition) is 2. The maximum atomic E-state index is 5.99. The molecule has 1 aromatic carbocycles. The van der Waals surface area contributed by atoms with Crippen LogP contribution >= 0.6 is 46.7 Å². The topological polar surface area (TPSA) is 0 Å². The summed E-state index contributed by atoms with van der Waals surface area (Å²) in [5.41, 5.74) is 0. The third-order valence-electron chi connectivity index (χ3n) is 1.43. The van der Waals surface area contributed by atoms with Crippen molar-refractivity contribution in [2.75, 3.05) is 12.5 Å². The lowest BCUT2D eigenvalue weighted by atomic mass is 10.3. The molecule has 0 aliphatic carbocycles. The van der Waals surface area contributed by atoms with Crippen molar-refractivity contribution in [3.63, 3.8) is 0 Å². The molecule has 4 heteroatoms. The van der Waals surface area contributed by atoms with Gasteiger partial charge in [-0.1, -0.05) is 23.2 Å². The number of hydrogen-bond donors (Lipinski definition) is 0. The fourth-order valence-electron chi connectivity index (χ4n) is 0.823. The summed E-state index contributed by atoms with van der Waals surface area (Å²) in [4.78, 5) is 2.05. The third-order valence-corrected chi connectivity index (χ3v) is 3.83. The largest absolute Gasteiger partial charge is 0.128 e. The zero-order chi connectivity index (χ0) is 9.14. The quantitative estimate of drug-likeness (QED) is 0.700. The van der Waals surface area contributed by atoms with E-state index < -0.39 is 0 Å². The van der Waals surface area contributed by atoms with E-state index in [1.807, 2.05) is 24.6 Å². The van der Waals surface area contributed by atoms with E-state index in [2.05, 4.69) is 0 Å². The van der Waals surface area contributed by atoms with Gasteiger partial charge in [-0.3, -0.25) is 0 Å². The van der Waals surface area contributed by atoms with Crippen molar-refractivity contribution in [2.24, 2.45) is 0 Å². The standard InChI is InChI=1S/C8H8Cl2S2/c1-11-7-3-6(10)8(12-2)4-5(7)9/h3-4H,1-2H3. The van der Waals surface area contributed by atoms with Crippen LogP contribution in [0.15, 0.2) is 21.9 Å². The summed E-state index contributed by atoms with van der Waals surface area (Å²) in [7, 11) is 0. The van der Waals surface area contributed by atoms with Crippen molar-refractivity contribution in [3.05, 3.63) is 22.2 Å². The molecule has 0 bridgehead atoms. The van der Waals surface area contributed by atoms with Crippen LogP contribution in [0.2, 0.25) is 10.0 Å². The molecule has 0 radical (unpaired) electrons. The number of benzene rings is 1. The minimum absolute atomic E-state index is 0.774. The monoisotopic (exact) mass is 238 g/mol. The molecule has 0 heterocycles. The predicted molar refractivity (Wildman–Crippen MR) is 60.0 cm³/mol. The van der Waals surface area contributed by atoms with Crippen molar-refractivity contribution >= 4 is 46.7 Å². The van der Waals surface area contributed by atoms with E-state index in [0.717, 1.165) is 19.8 Å². The summed E-state index contributed by atoms with van der Waals surface area (Å²) in [5, 5.41) is 1.55. The van der Waals surface area contributed by atoms with Crippen LogP contribution in [0, 0.1) is 0 Å². The highest BCUT2D eigenvalue weighted by molar-refractivity contribution is 7.99. The van der Waals surface area contributed by atoms with Crippen molar-refractivity contribution in [3.8, 4) is 0 Å². The summed E-state index contributed by atoms with van der Waals surface area (Å²) in [5.74, 6) is 0. The molecule has 0 spiro atoms. The first-order valence-electron chi connectivity index (χ1n) is 3.26. The lowest BCUT2D eigenvalue weighted by Gasteiger charge is -2.04. The van der Waals surface area contributed by atoms with Gasteiger partial charge in [0.25, 0.3) is 0 Å². The highest BCUT2D eigenvalue weighted by Crippen LogP contribution is 2.34. The van der Waals surface area contributed by atoms with E-state index in [9.17, 15) is 0 Å². The average molecular weight is 239 g/mol. The predicted octanol–water partition coefficient (Wildman–Crippen LogP) is 4.44. The molecular weight excluding hydrogens is 231 g/mol. The fourth-order valence-corrected chi connectivity index (χ4v) is 2.72. The Hall–Kier alpha value is 0.500. The first kappa shape index (κ1) is 10.6. The molecule has 1 aromatic rings. The smallest absolute Gasteiger partial charge is 0.0553 e. The number of thioether (sulfide) groups is 2. The van der Waals surface area contributed by atoms with Crippen LogP contribution in [0.1, 0.15) is 0 Å². The maximum absolute atomic E-state index is 5.99. The van der Waals surface area contributed by atoms with E-state index in [1.54, 1.807) is 23.5 Å². The summed E-state index contributed by atoms with van der Waals surface area (Å²) in [6.07, 6.45) is 3.96. The zero-order valence-corrected chi connectivity index (χ0v) is 9.87. The minimum atomic E-state index is 0.774. The van der Waals surface area contributed by atoms with E-state index in [4.69, 9.17) is 23.2 Å². The highest BCUT2D eigenvalue weighted by Gasteiger charge is 2.05. The van der Waals surface area contributed by atoms with E-state index in [-0.39, 0.29) is 0 Å². The molecule has 0 nitrogen and oxygen atoms in total. The number of rotatable bonds is 2. The van der Waals surface area contributed by atoms with Gasteiger partial charge in [-0.05, 0) is 24.6 Å². The second-order valence-electron chi connectivity index (χ2n) is 2.12. The van der Waals surface area contributed by atoms with Crippen molar-refractivity contribution in [1.82, 2.24) is 0 Å². The van der Waals surface area contributed by atoms with E-state index >= 15 is 0 Å². The summed E-state index contributed by atoms with van der Waals surface area (Å²) in [6.45, 7) is 0. The Bertz CT molecular complexity index is 257. The van der Waals surface area contributed by atoms with Gasteiger partial charge in [0.2, 0.25) is 0 Å². The summed E-state index contributed by atoms with van der Waals surface area (Å²) in [6, 6.07) is 3.81. The van der Waals surface area contributed by atoms with Crippen molar-refractivity contribution in [2.45, 2.75) is 9.79 Å². The second-order valence-corrected chi connectivity index (χ2v) is 4.63. The fraction of sp³-hybridized carbons (Fsp3) is 0.250. The van der Waals surface area contributed by atoms with Gasteiger partial charge in [0.1, 0.15) is 0 Å². The first-order chi connectivity index (χ1) is 5.69. The molecule has 0 aliphatic rings. The minimum Gasteiger partial charge on any atom is -0.128 e. The normalized spacial score (nSPS) is 10.3. The lowest BCUT2D eigenvalue weighted by Crippen LogP contribution is -1.77. The molecule has 66 valence electrons. The van der Waals surface area contributed by atoms with Crippen LogP contribution in [0.5, 0.6) is 0 Å². The SMILES string of the molecule is CSc1cc(Cl)c(SC)cc1Cl. The van der Waals surface area contributed by atoms with Crippen LogP contribution in [0.25, 0.3) is 0 Å². The maximum Gasteiger partial charge on any atom is 0.0553 e. The molecule has 0 fully saturated rings. The summed E-state index contributed by atoms with van der Waals surface area (Å²) >= 11 is 15.2. The Morgan fingerprint density at radius 2 is 1.25 bits per heavy atom. The van der Waals surface area contributed by atoms with Crippen LogP contribution in [-0.4, -0.2) is 12.5 Å². The van der Waals surface area contributed by atoms with E-state index in [1.165, 1.54) is 0 Å². The Morgan fingerprint density at radius 1 is 0.917 bits per heavy atom. The Labute approximate surface area is 91.0 Å². The molecule has 0 aromatic heterocycles.